The second-order valence-electron chi connectivity index (χ2n) is 5.06. The van der Waals surface area contributed by atoms with Gasteiger partial charge in [0, 0.05) is 10.9 Å². The summed E-state index contributed by atoms with van der Waals surface area (Å²) in [6, 6.07) is 3.85. The molecular formula is C16H15F3N2O3S. The van der Waals surface area contributed by atoms with Crippen molar-refractivity contribution in [1.82, 2.24) is 10.3 Å². The zero-order valence-electron chi connectivity index (χ0n) is 13.4. The molecule has 25 heavy (non-hydrogen) atoms. The molecule has 0 aliphatic heterocycles. The van der Waals surface area contributed by atoms with Crippen LogP contribution in [0.15, 0.2) is 29.6 Å². The minimum Gasteiger partial charge on any atom is -0.464 e. The van der Waals surface area contributed by atoms with E-state index in [1.54, 1.807) is 6.92 Å². The smallest absolute Gasteiger partial charge is 0.416 e. The van der Waals surface area contributed by atoms with Gasteiger partial charge in [-0.15, -0.1) is 11.3 Å². The van der Waals surface area contributed by atoms with Crippen molar-refractivity contribution in [2.75, 3.05) is 6.61 Å². The maximum atomic E-state index is 12.8. The van der Waals surface area contributed by atoms with E-state index in [4.69, 9.17) is 4.74 Å². The number of nitrogens with one attached hydrogen (secondary N) is 1. The molecule has 2 aromatic rings. The van der Waals surface area contributed by atoms with Gasteiger partial charge < -0.3 is 10.1 Å². The Balaban J connectivity index is 2.15. The third-order valence-electron chi connectivity index (χ3n) is 3.16. The maximum Gasteiger partial charge on any atom is 0.416 e. The van der Waals surface area contributed by atoms with E-state index in [0.29, 0.717) is 0 Å². The van der Waals surface area contributed by atoms with Gasteiger partial charge in [-0.25, -0.2) is 9.78 Å². The van der Waals surface area contributed by atoms with Crippen LogP contribution >= 0.6 is 11.3 Å². The fourth-order valence-electron chi connectivity index (χ4n) is 1.94. The van der Waals surface area contributed by atoms with Gasteiger partial charge in [-0.05, 0) is 26.0 Å². The number of carbonyl (C=O) groups is 2. The van der Waals surface area contributed by atoms with Crippen LogP contribution in [0.4, 0.5) is 13.2 Å². The lowest BCUT2D eigenvalue weighted by atomic mass is 10.1. The highest BCUT2D eigenvalue weighted by molar-refractivity contribution is 7.13. The average molecular weight is 372 g/mol. The second kappa shape index (κ2) is 7.64. The Morgan fingerprint density at radius 1 is 1.36 bits per heavy atom. The van der Waals surface area contributed by atoms with Gasteiger partial charge in [0.05, 0.1) is 12.2 Å². The van der Waals surface area contributed by atoms with E-state index in [-0.39, 0.29) is 22.9 Å². The van der Waals surface area contributed by atoms with E-state index >= 15 is 0 Å². The first kappa shape index (κ1) is 18.9. The molecule has 1 heterocycles. The Bertz CT molecular complexity index is 774. The van der Waals surface area contributed by atoms with Gasteiger partial charge >= 0.3 is 12.1 Å². The molecule has 0 aliphatic rings. The van der Waals surface area contributed by atoms with Crippen molar-refractivity contribution in [2.45, 2.75) is 26.1 Å². The number of alkyl halides is 3. The summed E-state index contributed by atoms with van der Waals surface area (Å²) in [4.78, 5) is 27.6. The molecule has 134 valence electrons. The van der Waals surface area contributed by atoms with Gasteiger partial charge in [-0.3, -0.25) is 4.79 Å². The van der Waals surface area contributed by atoms with Crippen LogP contribution < -0.4 is 5.32 Å². The van der Waals surface area contributed by atoms with Gasteiger partial charge in [0.15, 0.2) is 0 Å². The number of amides is 1. The van der Waals surface area contributed by atoms with Gasteiger partial charge in [-0.1, -0.05) is 12.1 Å². The molecule has 1 amide bonds. The highest BCUT2D eigenvalue weighted by Gasteiger charge is 2.30. The van der Waals surface area contributed by atoms with Crippen LogP contribution in [0.5, 0.6) is 0 Å². The molecule has 9 heteroatoms. The summed E-state index contributed by atoms with van der Waals surface area (Å²) in [7, 11) is 0. The van der Waals surface area contributed by atoms with Crippen molar-refractivity contribution in [3.63, 3.8) is 0 Å². The number of nitrogens with zero attached hydrogens (tertiary/aromatic N) is 1. The molecule has 0 fully saturated rings. The minimum absolute atomic E-state index is 0.0218. The number of carbonyl (C=O) groups excluding carboxylic acids is 2. The molecule has 0 spiro atoms. The van der Waals surface area contributed by atoms with Crippen molar-refractivity contribution < 1.29 is 27.5 Å². The molecule has 1 aromatic carbocycles. The Morgan fingerprint density at radius 2 is 2.08 bits per heavy atom. The number of halogens is 3. The average Bonchev–Trinajstić information content (AvgIpc) is 3.04. The van der Waals surface area contributed by atoms with Gasteiger partial charge in [0.1, 0.15) is 16.7 Å². The van der Waals surface area contributed by atoms with Crippen LogP contribution in [0.3, 0.4) is 0 Å². The summed E-state index contributed by atoms with van der Waals surface area (Å²) < 4.78 is 43.1. The van der Waals surface area contributed by atoms with Crippen LogP contribution in [-0.4, -0.2) is 29.5 Å². The lowest BCUT2D eigenvalue weighted by molar-refractivity contribution is -0.145. The van der Waals surface area contributed by atoms with Crippen LogP contribution in [0.2, 0.25) is 0 Å². The fraction of sp³-hybridized carbons (Fsp3) is 0.312. The molecular weight excluding hydrogens is 357 g/mol. The molecule has 0 saturated heterocycles. The van der Waals surface area contributed by atoms with Crippen molar-refractivity contribution >= 4 is 23.2 Å². The molecule has 0 aliphatic carbocycles. The summed E-state index contributed by atoms with van der Waals surface area (Å²) in [6.45, 7) is 3.31. The predicted octanol–water partition coefficient (Wildman–Crippen LogP) is 3.51. The maximum absolute atomic E-state index is 12.8. The first-order valence-corrected chi connectivity index (χ1v) is 8.21. The molecule has 0 radical (unpaired) electrons. The number of ether oxygens (including phenoxy) is 1. The monoisotopic (exact) mass is 372 g/mol. The molecule has 2 rings (SSSR count). The van der Waals surface area contributed by atoms with E-state index in [1.807, 2.05) is 0 Å². The molecule has 1 unspecified atom stereocenters. The van der Waals surface area contributed by atoms with E-state index < -0.39 is 29.7 Å². The highest BCUT2D eigenvalue weighted by atomic mass is 32.1. The van der Waals surface area contributed by atoms with Gasteiger partial charge in [0.2, 0.25) is 0 Å². The van der Waals surface area contributed by atoms with Gasteiger partial charge in [-0.2, -0.15) is 13.2 Å². The summed E-state index contributed by atoms with van der Waals surface area (Å²) in [5.41, 5.74) is -0.506. The van der Waals surface area contributed by atoms with Crippen LogP contribution in [0.1, 0.15) is 29.9 Å². The number of hydrogen-bond acceptors (Lipinski definition) is 5. The number of aromatic nitrogens is 1. The van der Waals surface area contributed by atoms with Crippen LogP contribution in [0, 0.1) is 0 Å². The molecule has 0 bridgehead atoms. The Hall–Kier alpha value is -2.42. The molecule has 1 aromatic heterocycles. The second-order valence-corrected chi connectivity index (χ2v) is 5.92. The molecule has 1 atom stereocenters. The zero-order valence-corrected chi connectivity index (χ0v) is 14.2. The number of hydrogen-bond donors (Lipinski definition) is 1. The largest absolute Gasteiger partial charge is 0.464 e. The van der Waals surface area contributed by atoms with Crippen molar-refractivity contribution in [3.05, 3.63) is 40.9 Å². The number of esters is 1. The first-order valence-electron chi connectivity index (χ1n) is 7.33. The minimum atomic E-state index is -4.46. The number of rotatable bonds is 5. The third-order valence-corrected chi connectivity index (χ3v) is 4.05. The summed E-state index contributed by atoms with van der Waals surface area (Å²) >= 11 is 1.04. The van der Waals surface area contributed by atoms with Crippen molar-refractivity contribution in [2.24, 2.45) is 0 Å². The molecule has 5 nitrogen and oxygen atoms in total. The number of benzene rings is 1. The fourth-order valence-corrected chi connectivity index (χ4v) is 2.73. The van der Waals surface area contributed by atoms with Crippen LogP contribution in [-0.2, 0) is 15.7 Å². The van der Waals surface area contributed by atoms with E-state index in [9.17, 15) is 22.8 Å². The van der Waals surface area contributed by atoms with Crippen LogP contribution in [0.25, 0.3) is 10.6 Å². The summed E-state index contributed by atoms with van der Waals surface area (Å²) in [6.07, 6.45) is -4.46. The van der Waals surface area contributed by atoms with E-state index in [0.717, 1.165) is 23.5 Å². The van der Waals surface area contributed by atoms with E-state index in [2.05, 4.69) is 10.3 Å². The predicted molar refractivity (Wildman–Crippen MR) is 86.1 cm³/mol. The Kier molecular flexibility index (Phi) is 5.78. The molecule has 1 N–H and O–H groups in total. The van der Waals surface area contributed by atoms with E-state index in [1.165, 1.54) is 24.4 Å². The normalized spacial score (nSPS) is 12.5. The lowest BCUT2D eigenvalue weighted by Crippen LogP contribution is -2.39. The summed E-state index contributed by atoms with van der Waals surface area (Å²) in [5.74, 6) is -1.18. The number of thiazole rings is 1. The quantitative estimate of drug-likeness (QED) is 0.816. The molecule has 0 saturated carbocycles. The highest BCUT2D eigenvalue weighted by Crippen LogP contribution is 2.33. The Labute approximate surface area is 145 Å². The standard InChI is InChI=1S/C16H15F3N2O3S/c1-3-24-15(23)9(2)20-13(22)12-8-25-14(21-12)10-5-4-6-11(7-10)16(17,18)19/h4-9H,3H2,1-2H3,(H,20,22). The van der Waals surface area contributed by atoms with Gasteiger partial charge in [0.25, 0.3) is 5.91 Å². The topological polar surface area (TPSA) is 68.3 Å². The van der Waals surface area contributed by atoms with Crippen molar-refractivity contribution in [1.29, 1.82) is 0 Å². The summed E-state index contributed by atoms with van der Waals surface area (Å²) in [5, 5.41) is 4.13. The third kappa shape index (κ3) is 4.79. The zero-order chi connectivity index (χ0) is 18.6. The lowest BCUT2D eigenvalue weighted by Gasteiger charge is -2.11. The Morgan fingerprint density at radius 3 is 2.72 bits per heavy atom. The first-order chi connectivity index (χ1) is 11.7. The van der Waals surface area contributed by atoms with Crippen molar-refractivity contribution in [3.8, 4) is 10.6 Å². The SMILES string of the molecule is CCOC(=O)C(C)NC(=O)c1csc(-c2cccc(C(F)(F)F)c2)n1.